The first kappa shape index (κ1) is 15.4. The van der Waals surface area contributed by atoms with E-state index in [9.17, 15) is 22.0 Å². The average molecular weight is 301 g/mol. The van der Waals surface area contributed by atoms with Crippen LogP contribution in [0.1, 0.15) is 17.2 Å². The molecule has 1 nitrogen and oxygen atoms in total. The van der Waals surface area contributed by atoms with Crippen molar-refractivity contribution in [2.75, 3.05) is 0 Å². The molecule has 0 radical (unpaired) electrons. The van der Waals surface area contributed by atoms with Crippen molar-refractivity contribution in [3.05, 3.63) is 71.3 Å². The van der Waals surface area contributed by atoms with Gasteiger partial charge in [0.15, 0.2) is 0 Å². The van der Waals surface area contributed by atoms with Crippen molar-refractivity contribution in [1.82, 2.24) is 5.32 Å². The van der Waals surface area contributed by atoms with Crippen LogP contribution in [0.25, 0.3) is 0 Å². The van der Waals surface area contributed by atoms with Crippen LogP contribution in [-0.4, -0.2) is 6.18 Å². The zero-order chi connectivity index (χ0) is 15.5. The summed E-state index contributed by atoms with van der Waals surface area (Å²) in [5.41, 5.74) is -0.137. The smallest absolute Gasteiger partial charge is 0.298 e. The molecule has 6 heteroatoms. The first-order chi connectivity index (χ1) is 9.88. The Morgan fingerprint density at radius 2 is 1.62 bits per heavy atom. The molecule has 1 atom stereocenters. The van der Waals surface area contributed by atoms with Crippen LogP contribution in [0.4, 0.5) is 22.0 Å². The molecule has 21 heavy (non-hydrogen) atoms. The fourth-order valence-corrected chi connectivity index (χ4v) is 1.96. The number of hydrogen-bond donors (Lipinski definition) is 1. The van der Waals surface area contributed by atoms with Gasteiger partial charge in [-0.25, -0.2) is 8.78 Å². The van der Waals surface area contributed by atoms with Crippen molar-refractivity contribution in [3.8, 4) is 0 Å². The van der Waals surface area contributed by atoms with E-state index in [0.29, 0.717) is 0 Å². The van der Waals surface area contributed by atoms with Gasteiger partial charge in [-0.3, -0.25) is 5.32 Å². The van der Waals surface area contributed by atoms with Gasteiger partial charge >= 0.3 is 6.18 Å². The Bertz CT molecular complexity index is 595. The first-order valence-electron chi connectivity index (χ1n) is 6.17. The lowest BCUT2D eigenvalue weighted by Gasteiger charge is -2.22. The molecule has 0 saturated carbocycles. The van der Waals surface area contributed by atoms with E-state index in [2.05, 4.69) is 5.32 Å². The Morgan fingerprint density at radius 1 is 0.952 bits per heavy atom. The molecule has 1 unspecified atom stereocenters. The van der Waals surface area contributed by atoms with E-state index in [1.807, 2.05) is 0 Å². The van der Waals surface area contributed by atoms with E-state index >= 15 is 0 Å². The van der Waals surface area contributed by atoms with Crippen LogP contribution in [0.2, 0.25) is 0 Å². The number of hydrogen-bond acceptors (Lipinski definition) is 1. The standard InChI is InChI=1S/C15H12F5N/c16-12-6-7-13(17)11(8-12)9-21-14(15(18,19)20)10-4-2-1-3-5-10/h1-8,14,21H,9H2. The van der Waals surface area contributed by atoms with Crippen molar-refractivity contribution in [1.29, 1.82) is 0 Å². The number of alkyl halides is 3. The fraction of sp³-hybridized carbons (Fsp3) is 0.200. The monoisotopic (exact) mass is 301 g/mol. The highest BCUT2D eigenvalue weighted by atomic mass is 19.4. The molecule has 0 heterocycles. The van der Waals surface area contributed by atoms with E-state index in [0.717, 1.165) is 18.2 Å². The molecule has 0 aliphatic carbocycles. The molecule has 0 saturated heterocycles. The molecule has 0 aliphatic heterocycles. The minimum atomic E-state index is -4.54. The molecule has 2 aromatic rings. The zero-order valence-electron chi connectivity index (χ0n) is 10.8. The summed E-state index contributed by atoms with van der Waals surface area (Å²) < 4.78 is 65.6. The molecule has 0 aromatic heterocycles. The van der Waals surface area contributed by atoms with Gasteiger partial charge in [-0.1, -0.05) is 30.3 Å². The summed E-state index contributed by atoms with van der Waals surface area (Å²) in [6.07, 6.45) is -4.54. The number of nitrogens with one attached hydrogen (secondary N) is 1. The van der Waals surface area contributed by atoms with Gasteiger partial charge < -0.3 is 0 Å². The van der Waals surface area contributed by atoms with Crippen LogP contribution >= 0.6 is 0 Å². The molecule has 0 bridgehead atoms. The predicted molar refractivity (Wildman–Crippen MR) is 68.4 cm³/mol. The lowest BCUT2D eigenvalue weighted by atomic mass is 10.1. The van der Waals surface area contributed by atoms with E-state index in [4.69, 9.17) is 0 Å². The highest BCUT2D eigenvalue weighted by Gasteiger charge is 2.40. The lowest BCUT2D eigenvalue weighted by Crippen LogP contribution is -2.34. The van der Waals surface area contributed by atoms with Gasteiger partial charge in [-0.15, -0.1) is 0 Å². The Morgan fingerprint density at radius 3 is 2.24 bits per heavy atom. The van der Waals surface area contributed by atoms with E-state index < -0.39 is 30.4 Å². The maximum atomic E-state index is 13.4. The molecular weight excluding hydrogens is 289 g/mol. The van der Waals surface area contributed by atoms with Crippen LogP contribution in [0, 0.1) is 11.6 Å². The highest BCUT2D eigenvalue weighted by Crippen LogP contribution is 2.32. The second-order valence-electron chi connectivity index (χ2n) is 4.50. The van der Waals surface area contributed by atoms with Crippen LogP contribution in [0.5, 0.6) is 0 Å². The van der Waals surface area contributed by atoms with Crippen LogP contribution in [0.15, 0.2) is 48.5 Å². The third-order valence-electron chi connectivity index (χ3n) is 2.96. The van der Waals surface area contributed by atoms with Gasteiger partial charge in [0.1, 0.15) is 17.7 Å². The normalized spacial score (nSPS) is 13.2. The molecule has 2 rings (SSSR count). The third kappa shape index (κ3) is 4.01. The topological polar surface area (TPSA) is 12.0 Å². The van der Waals surface area contributed by atoms with Gasteiger partial charge in [0.05, 0.1) is 0 Å². The van der Waals surface area contributed by atoms with Gasteiger partial charge in [0, 0.05) is 12.1 Å². The zero-order valence-corrected chi connectivity index (χ0v) is 10.8. The second-order valence-corrected chi connectivity index (χ2v) is 4.50. The van der Waals surface area contributed by atoms with E-state index in [1.54, 1.807) is 6.07 Å². The van der Waals surface area contributed by atoms with Crippen molar-refractivity contribution in [2.45, 2.75) is 18.8 Å². The number of halogens is 5. The third-order valence-corrected chi connectivity index (χ3v) is 2.96. The van der Waals surface area contributed by atoms with Crippen LogP contribution in [0.3, 0.4) is 0 Å². The summed E-state index contributed by atoms with van der Waals surface area (Å²) in [4.78, 5) is 0. The summed E-state index contributed by atoms with van der Waals surface area (Å²) in [5, 5.41) is 2.23. The molecule has 0 fully saturated rings. The van der Waals surface area contributed by atoms with E-state index in [-0.39, 0.29) is 11.1 Å². The Balaban J connectivity index is 2.19. The molecule has 0 spiro atoms. The Kier molecular flexibility index (Phi) is 4.57. The first-order valence-corrected chi connectivity index (χ1v) is 6.17. The molecule has 112 valence electrons. The number of benzene rings is 2. The summed E-state index contributed by atoms with van der Waals surface area (Å²) in [7, 11) is 0. The molecular formula is C15H12F5N. The second kappa shape index (κ2) is 6.22. The van der Waals surface area contributed by atoms with Crippen LogP contribution < -0.4 is 5.32 Å². The summed E-state index contributed by atoms with van der Waals surface area (Å²) in [6.45, 7) is -0.428. The summed E-state index contributed by atoms with van der Waals surface area (Å²) in [6, 6.07) is 7.96. The average Bonchev–Trinajstić information content (AvgIpc) is 2.42. The highest BCUT2D eigenvalue weighted by molar-refractivity contribution is 5.22. The Hall–Kier alpha value is -1.95. The van der Waals surface area contributed by atoms with Gasteiger partial charge in [-0.05, 0) is 23.8 Å². The Labute approximate surface area is 118 Å². The SMILES string of the molecule is Fc1ccc(F)c(CNC(c2ccccc2)C(F)(F)F)c1. The molecule has 2 aromatic carbocycles. The van der Waals surface area contributed by atoms with Crippen LogP contribution in [-0.2, 0) is 6.54 Å². The van der Waals surface area contributed by atoms with E-state index in [1.165, 1.54) is 24.3 Å². The minimum Gasteiger partial charge on any atom is -0.298 e. The molecule has 0 amide bonds. The van der Waals surface area contributed by atoms with Gasteiger partial charge in [-0.2, -0.15) is 13.2 Å². The maximum Gasteiger partial charge on any atom is 0.407 e. The maximum absolute atomic E-state index is 13.4. The lowest BCUT2D eigenvalue weighted by molar-refractivity contribution is -0.158. The fourth-order valence-electron chi connectivity index (χ4n) is 1.96. The van der Waals surface area contributed by atoms with Crippen molar-refractivity contribution >= 4 is 0 Å². The predicted octanol–water partition coefficient (Wildman–Crippen LogP) is 4.36. The largest absolute Gasteiger partial charge is 0.407 e. The minimum absolute atomic E-state index is 0.0156. The molecule has 0 aliphatic rings. The number of rotatable bonds is 4. The van der Waals surface area contributed by atoms with Crippen molar-refractivity contribution < 1.29 is 22.0 Å². The van der Waals surface area contributed by atoms with Gasteiger partial charge in [0.2, 0.25) is 0 Å². The quantitative estimate of drug-likeness (QED) is 0.827. The summed E-state index contributed by atoms with van der Waals surface area (Å²) in [5.74, 6) is -1.45. The van der Waals surface area contributed by atoms with Crippen molar-refractivity contribution in [2.24, 2.45) is 0 Å². The van der Waals surface area contributed by atoms with Gasteiger partial charge in [0.25, 0.3) is 0 Å². The summed E-state index contributed by atoms with van der Waals surface area (Å²) >= 11 is 0. The molecule has 1 N–H and O–H groups in total. The van der Waals surface area contributed by atoms with Crippen molar-refractivity contribution in [3.63, 3.8) is 0 Å².